The van der Waals surface area contributed by atoms with Crippen LogP contribution in [0.2, 0.25) is 0 Å². The molecule has 0 bridgehead atoms. The van der Waals surface area contributed by atoms with Crippen LogP contribution in [0.15, 0.2) is 48.5 Å². The minimum Gasteiger partial charge on any atom is -0.508 e. The SMILES string of the molecule is CC(CCc1ccc(O)cc1)NCc1cccc(O)c1. The predicted molar refractivity (Wildman–Crippen MR) is 80.8 cm³/mol. The lowest BCUT2D eigenvalue weighted by Gasteiger charge is -2.14. The number of aryl methyl sites for hydroxylation is 1. The summed E-state index contributed by atoms with van der Waals surface area (Å²) in [4.78, 5) is 0. The zero-order valence-electron chi connectivity index (χ0n) is 11.7. The summed E-state index contributed by atoms with van der Waals surface area (Å²) in [5.74, 6) is 0.616. The maximum atomic E-state index is 9.40. The molecule has 1 unspecified atom stereocenters. The molecular weight excluding hydrogens is 250 g/mol. The monoisotopic (exact) mass is 271 g/mol. The highest BCUT2D eigenvalue weighted by molar-refractivity contribution is 5.27. The molecule has 0 aromatic heterocycles. The zero-order valence-corrected chi connectivity index (χ0v) is 11.7. The molecule has 106 valence electrons. The molecule has 3 N–H and O–H groups in total. The van der Waals surface area contributed by atoms with Crippen LogP contribution >= 0.6 is 0 Å². The molecule has 0 aliphatic rings. The summed E-state index contributed by atoms with van der Waals surface area (Å²) in [6.45, 7) is 2.91. The quantitative estimate of drug-likeness (QED) is 0.756. The van der Waals surface area contributed by atoms with Gasteiger partial charge in [-0.1, -0.05) is 24.3 Å². The minimum absolute atomic E-state index is 0.307. The summed E-state index contributed by atoms with van der Waals surface area (Å²) in [6, 6.07) is 15.1. The molecule has 0 saturated carbocycles. The van der Waals surface area contributed by atoms with E-state index in [2.05, 4.69) is 12.2 Å². The van der Waals surface area contributed by atoms with E-state index in [0.717, 1.165) is 24.9 Å². The van der Waals surface area contributed by atoms with Crippen LogP contribution in [0.4, 0.5) is 0 Å². The molecule has 20 heavy (non-hydrogen) atoms. The van der Waals surface area contributed by atoms with Crippen LogP contribution in [0.3, 0.4) is 0 Å². The fraction of sp³-hybridized carbons (Fsp3) is 0.294. The first kappa shape index (κ1) is 14.4. The van der Waals surface area contributed by atoms with Gasteiger partial charge < -0.3 is 15.5 Å². The molecule has 0 radical (unpaired) electrons. The van der Waals surface area contributed by atoms with E-state index in [1.165, 1.54) is 5.56 Å². The fourth-order valence-electron chi connectivity index (χ4n) is 2.11. The molecule has 1 atom stereocenters. The van der Waals surface area contributed by atoms with Gasteiger partial charge in [0, 0.05) is 12.6 Å². The summed E-state index contributed by atoms with van der Waals surface area (Å²) in [6.07, 6.45) is 2.01. The number of rotatable bonds is 6. The molecule has 2 aromatic carbocycles. The molecular formula is C17H21NO2. The van der Waals surface area contributed by atoms with Crippen LogP contribution in [0.5, 0.6) is 11.5 Å². The van der Waals surface area contributed by atoms with Crippen LogP contribution in [-0.2, 0) is 13.0 Å². The third-order valence-corrected chi connectivity index (χ3v) is 3.37. The molecule has 0 fully saturated rings. The Hall–Kier alpha value is -2.00. The third kappa shape index (κ3) is 4.59. The van der Waals surface area contributed by atoms with Crippen molar-refractivity contribution in [3.8, 4) is 11.5 Å². The van der Waals surface area contributed by atoms with E-state index in [0.29, 0.717) is 17.5 Å². The van der Waals surface area contributed by atoms with Crippen LogP contribution in [0.1, 0.15) is 24.5 Å². The predicted octanol–water partition coefficient (Wildman–Crippen LogP) is 3.21. The van der Waals surface area contributed by atoms with Crippen LogP contribution < -0.4 is 5.32 Å². The van der Waals surface area contributed by atoms with Gasteiger partial charge in [-0.3, -0.25) is 0 Å². The van der Waals surface area contributed by atoms with Crippen molar-refractivity contribution in [3.05, 3.63) is 59.7 Å². The molecule has 0 saturated heterocycles. The Morgan fingerprint density at radius 1 is 0.950 bits per heavy atom. The molecule has 3 nitrogen and oxygen atoms in total. The molecule has 0 heterocycles. The molecule has 0 spiro atoms. The summed E-state index contributed by atoms with van der Waals surface area (Å²) in [5.41, 5.74) is 2.32. The average Bonchev–Trinajstić information content (AvgIpc) is 2.45. The zero-order chi connectivity index (χ0) is 14.4. The third-order valence-electron chi connectivity index (χ3n) is 3.37. The standard InChI is InChI=1S/C17H21NO2/c1-13(5-6-14-7-9-16(19)10-8-14)18-12-15-3-2-4-17(20)11-15/h2-4,7-11,13,18-20H,5-6,12H2,1H3. The van der Waals surface area contributed by atoms with Crippen molar-refractivity contribution < 1.29 is 10.2 Å². The molecule has 3 heteroatoms. The van der Waals surface area contributed by atoms with E-state index in [-0.39, 0.29) is 0 Å². The number of aromatic hydroxyl groups is 2. The Balaban J connectivity index is 1.75. The summed E-state index contributed by atoms with van der Waals surface area (Å²) in [5, 5.41) is 22.1. The lowest BCUT2D eigenvalue weighted by molar-refractivity contribution is 0.471. The number of benzene rings is 2. The normalized spacial score (nSPS) is 12.2. The minimum atomic E-state index is 0.307. The van der Waals surface area contributed by atoms with Crippen molar-refractivity contribution in [2.24, 2.45) is 0 Å². The smallest absolute Gasteiger partial charge is 0.115 e. The number of nitrogens with one attached hydrogen (secondary N) is 1. The fourth-order valence-corrected chi connectivity index (χ4v) is 2.11. The number of phenolic OH excluding ortho intramolecular Hbond substituents is 2. The Kier molecular flexibility index (Phi) is 5.02. The molecule has 0 aliphatic carbocycles. The van der Waals surface area contributed by atoms with Gasteiger partial charge in [-0.05, 0) is 55.2 Å². The van der Waals surface area contributed by atoms with Gasteiger partial charge in [-0.25, -0.2) is 0 Å². The number of hydrogen-bond donors (Lipinski definition) is 3. The summed E-state index contributed by atoms with van der Waals surface area (Å²) >= 11 is 0. The van der Waals surface area contributed by atoms with E-state index in [1.54, 1.807) is 24.3 Å². The van der Waals surface area contributed by atoms with E-state index >= 15 is 0 Å². The largest absolute Gasteiger partial charge is 0.508 e. The first-order valence-electron chi connectivity index (χ1n) is 6.92. The van der Waals surface area contributed by atoms with Gasteiger partial charge in [0.2, 0.25) is 0 Å². The second-order valence-corrected chi connectivity index (χ2v) is 5.16. The van der Waals surface area contributed by atoms with E-state index in [1.807, 2.05) is 24.3 Å². The number of phenols is 2. The highest BCUT2D eigenvalue weighted by atomic mass is 16.3. The van der Waals surface area contributed by atoms with Gasteiger partial charge in [0.25, 0.3) is 0 Å². The van der Waals surface area contributed by atoms with Gasteiger partial charge >= 0.3 is 0 Å². The Morgan fingerprint density at radius 2 is 1.70 bits per heavy atom. The van der Waals surface area contributed by atoms with Crippen molar-refractivity contribution >= 4 is 0 Å². The van der Waals surface area contributed by atoms with Gasteiger partial charge in [-0.15, -0.1) is 0 Å². The Bertz CT molecular complexity index is 537. The first-order valence-corrected chi connectivity index (χ1v) is 6.92. The Labute approximate surface area is 119 Å². The average molecular weight is 271 g/mol. The van der Waals surface area contributed by atoms with E-state index in [9.17, 15) is 10.2 Å². The number of hydrogen-bond acceptors (Lipinski definition) is 3. The second-order valence-electron chi connectivity index (χ2n) is 5.16. The Morgan fingerprint density at radius 3 is 2.40 bits per heavy atom. The van der Waals surface area contributed by atoms with E-state index < -0.39 is 0 Å². The van der Waals surface area contributed by atoms with Crippen LogP contribution in [0, 0.1) is 0 Å². The highest BCUT2D eigenvalue weighted by Gasteiger charge is 2.03. The van der Waals surface area contributed by atoms with Crippen molar-refractivity contribution in [3.63, 3.8) is 0 Å². The second kappa shape index (κ2) is 6.96. The lowest BCUT2D eigenvalue weighted by atomic mass is 10.1. The van der Waals surface area contributed by atoms with Crippen LogP contribution in [0.25, 0.3) is 0 Å². The van der Waals surface area contributed by atoms with Crippen LogP contribution in [-0.4, -0.2) is 16.3 Å². The van der Waals surface area contributed by atoms with Crippen molar-refractivity contribution in [2.75, 3.05) is 0 Å². The lowest BCUT2D eigenvalue weighted by Crippen LogP contribution is -2.25. The summed E-state index contributed by atoms with van der Waals surface area (Å²) < 4.78 is 0. The van der Waals surface area contributed by atoms with Gasteiger partial charge in [-0.2, -0.15) is 0 Å². The highest BCUT2D eigenvalue weighted by Crippen LogP contribution is 2.13. The van der Waals surface area contributed by atoms with Crippen molar-refractivity contribution in [2.45, 2.75) is 32.4 Å². The molecule has 0 amide bonds. The van der Waals surface area contributed by atoms with Gasteiger partial charge in [0.05, 0.1) is 0 Å². The molecule has 0 aliphatic heterocycles. The molecule has 2 aromatic rings. The molecule has 2 rings (SSSR count). The maximum Gasteiger partial charge on any atom is 0.115 e. The summed E-state index contributed by atoms with van der Waals surface area (Å²) in [7, 11) is 0. The first-order chi connectivity index (χ1) is 9.63. The topological polar surface area (TPSA) is 52.5 Å². The van der Waals surface area contributed by atoms with Crippen molar-refractivity contribution in [1.82, 2.24) is 5.32 Å². The van der Waals surface area contributed by atoms with Gasteiger partial charge in [0.15, 0.2) is 0 Å². The van der Waals surface area contributed by atoms with E-state index in [4.69, 9.17) is 0 Å². The van der Waals surface area contributed by atoms with Gasteiger partial charge in [0.1, 0.15) is 11.5 Å². The van der Waals surface area contributed by atoms with Crippen molar-refractivity contribution in [1.29, 1.82) is 0 Å². The maximum absolute atomic E-state index is 9.40.